The summed E-state index contributed by atoms with van der Waals surface area (Å²) >= 11 is 0. The minimum Gasteiger partial charge on any atom is -0.376 e. The Morgan fingerprint density at radius 2 is 2.04 bits per heavy atom. The second-order valence-corrected chi connectivity index (χ2v) is 6.59. The van der Waals surface area contributed by atoms with Gasteiger partial charge in [-0.3, -0.25) is 4.99 Å². The molecule has 8 heteroatoms. The van der Waals surface area contributed by atoms with E-state index in [-0.39, 0.29) is 24.0 Å². The molecule has 0 fully saturated rings. The second-order valence-electron chi connectivity index (χ2n) is 6.59. The monoisotopic (exact) mass is 501 g/mol. The van der Waals surface area contributed by atoms with Crippen LogP contribution in [0, 0.1) is 12.8 Å². The third-order valence-corrected chi connectivity index (χ3v) is 3.85. The first-order valence-corrected chi connectivity index (χ1v) is 9.60. The molecule has 2 rings (SSSR count). The van der Waals surface area contributed by atoms with Crippen LogP contribution in [0.4, 0.5) is 0 Å². The van der Waals surface area contributed by atoms with Crippen LogP contribution in [0.1, 0.15) is 37.5 Å². The summed E-state index contributed by atoms with van der Waals surface area (Å²) in [6, 6.07) is 10.2. The fraction of sp³-hybridized carbons (Fsp3) is 0.550. The highest BCUT2D eigenvalue weighted by atomic mass is 127. The third-order valence-electron chi connectivity index (χ3n) is 3.85. The van der Waals surface area contributed by atoms with Crippen molar-refractivity contribution in [2.75, 3.05) is 26.2 Å². The number of hydrogen-bond donors (Lipinski definition) is 2. The molecule has 0 amide bonds. The number of aryl methyl sites for hydroxylation is 2. The first kappa shape index (κ1) is 24.4. The van der Waals surface area contributed by atoms with Crippen LogP contribution in [0.15, 0.2) is 39.8 Å². The van der Waals surface area contributed by atoms with Gasteiger partial charge in [0.1, 0.15) is 0 Å². The van der Waals surface area contributed by atoms with Gasteiger partial charge < -0.3 is 19.9 Å². The van der Waals surface area contributed by atoms with Crippen molar-refractivity contribution in [3.63, 3.8) is 0 Å². The van der Waals surface area contributed by atoms with Gasteiger partial charge in [-0.15, -0.1) is 24.0 Å². The van der Waals surface area contributed by atoms with Gasteiger partial charge in [-0.1, -0.05) is 42.4 Å². The third kappa shape index (κ3) is 10.0. The molecule has 1 aromatic heterocycles. The molecule has 0 radical (unpaired) electrons. The summed E-state index contributed by atoms with van der Waals surface area (Å²) in [6.07, 6.45) is 1.67. The molecule has 156 valence electrons. The Bertz CT molecular complexity index is 678. The quantitative estimate of drug-likeness (QED) is 0.213. The molecule has 1 heterocycles. The van der Waals surface area contributed by atoms with E-state index in [0.29, 0.717) is 37.4 Å². The summed E-state index contributed by atoms with van der Waals surface area (Å²) in [7, 11) is 0. The van der Waals surface area contributed by atoms with Gasteiger partial charge in [0, 0.05) is 26.1 Å². The lowest BCUT2D eigenvalue weighted by Gasteiger charge is -2.13. The Hall–Kier alpha value is -1.68. The van der Waals surface area contributed by atoms with Crippen LogP contribution in [0.25, 0.3) is 0 Å². The molecule has 28 heavy (non-hydrogen) atoms. The lowest BCUT2D eigenvalue weighted by molar-refractivity contribution is 0.0945. The number of nitrogens with one attached hydrogen (secondary N) is 2. The molecular weight excluding hydrogens is 469 g/mol. The summed E-state index contributed by atoms with van der Waals surface area (Å²) in [6.45, 7) is 9.70. The van der Waals surface area contributed by atoms with Crippen LogP contribution < -0.4 is 10.6 Å². The average molecular weight is 501 g/mol. The molecule has 0 aliphatic carbocycles. The summed E-state index contributed by atoms with van der Waals surface area (Å²) < 4.78 is 10.9. The Morgan fingerprint density at radius 3 is 2.71 bits per heavy atom. The lowest BCUT2D eigenvalue weighted by Crippen LogP contribution is -2.38. The highest BCUT2D eigenvalue weighted by molar-refractivity contribution is 14.0. The maximum Gasteiger partial charge on any atom is 0.226 e. The summed E-state index contributed by atoms with van der Waals surface area (Å²) in [5.41, 5.74) is 1.19. The summed E-state index contributed by atoms with van der Waals surface area (Å²) in [5.74, 6) is 2.54. The molecule has 0 saturated carbocycles. The van der Waals surface area contributed by atoms with Gasteiger partial charge >= 0.3 is 0 Å². The van der Waals surface area contributed by atoms with E-state index in [9.17, 15) is 0 Å². The molecule has 0 aliphatic heterocycles. The van der Waals surface area contributed by atoms with E-state index in [4.69, 9.17) is 9.26 Å². The number of aromatic nitrogens is 2. The Morgan fingerprint density at radius 1 is 1.25 bits per heavy atom. The van der Waals surface area contributed by atoms with Crippen molar-refractivity contribution >= 4 is 29.9 Å². The smallest absolute Gasteiger partial charge is 0.226 e. The van der Waals surface area contributed by atoms with Gasteiger partial charge in [0.2, 0.25) is 5.89 Å². The van der Waals surface area contributed by atoms with Crippen LogP contribution >= 0.6 is 24.0 Å². The normalized spacial score (nSPS) is 12.3. The maximum atomic E-state index is 5.79. The largest absolute Gasteiger partial charge is 0.376 e. The molecule has 2 aromatic rings. The number of guanidine groups is 1. The fourth-order valence-corrected chi connectivity index (χ4v) is 2.48. The van der Waals surface area contributed by atoms with E-state index in [1.807, 2.05) is 25.1 Å². The zero-order valence-electron chi connectivity index (χ0n) is 17.0. The Kier molecular flexibility index (Phi) is 12.5. The van der Waals surface area contributed by atoms with Gasteiger partial charge in [0.05, 0.1) is 13.2 Å². The van der Waals surface area contributed by atoms with Crippen molar-refractivity contribution in [1.82, 2.24) is 20.8 Å². The van der Waals surface area contributed by atoms with Crippen LogP contribution in [-0.2, 0) is 17.8 Å². The van der Waals surface area contributed by atoms with Crippen molar-refractivity contribution in [3.8, 4) is 0 Å². The first-order valence-electron chi connectivity index (χ1n) is 9.60. The Labute approximate surface area is 184 Å². The van der Waals surface area contributed by atoms with Gasteiger partial charge in [0.25, 0.3) is 0 Å². The molecule has 7 nitrogen and oxygen atoms in total. The Balaban J connectivity index is 0.00000392. The van der Waals surface area contributed by atoms with Crippen molar-refractivity contribution in [1.29, 1.82) is 0 Å². The zero-order chi connectivity index (χ0) is 19.3. The second kappa shape index (κ2) is 14.3. The van der Waals surface area contributed by atoms with Crippen molar-refractivity contribution in [2.24, 2.45) is 10.9 Å². The summed E-state index contributed by atoms with van der Waals surface area (Å²) in [4.78, 5) is 8.86. The van der Waals surface area contributed by atoms with Crippen molar-refractivity contribution in [3.05, 3.63) is 47.6 Å². The first-order chi connectivity index (χ1) is 13.2. The number of rotatable bonds is 11. The van der Waals surface area contributed by atoms with Gasteiger partial charge in [-0.25, -0.2) is 0 Å². The van der Waals surface area contributed by atoms with E-state index in [1.54, 1.807) is 0 Å². The predicted octanol–water partition coefficient (Wildman–Crippen LogP) is 3.34. The minimum absolute atomic E-state index is 0. The molecule has 0 bridgehead atoms. The van der Waals surface area contributed by atoms with E-state index in [2.05, 4.69) is 51.7 Å². The number of ether oxygens (including phenoxy) is 1. The maximum absolute atomic E-state index is 5.79. The van der Waals surface area contributed by atoms with Gasteiger partial charge in [0.15, 0.2) is 11.8 Å². The zero-order valence-corrected chi connectivity index (χ0v) is 19.3. The topological polar surface area (TPSA) is 84.6 Å². The average Bonchev–Trinajstić information content (AvgIpc) is 3.09. The van der Waals surface area contributed by atoms with Crippen LogP contribution in [0.5, 0.6) is 0 Å². The van der Waals surface area contributed by atoms with Crippen LogP contribution in [0.3, 0.4) is 0 Å². The van der Waals surface area contributed by atoms with Crippen LogP contribution in [-0.4, -0.2) is 42.3 Å². The predicted molar refractivity (Wildman–Crippen MR) is 122 cm³/mol. The molecule has 2 N–H and O–H groups in total. The molecule has 0 spiro atoms. The molecular formula is C20H32IN5O2. The standard InChI is InChI=1S/C20H31N5O2.HI/c1-4-21-20(22-12-8-11-19-24-17(3)25-27-19)23-13-16(2)14-26-15-18-9-6-5-7-10-18;/h5-7,9-10,16H,4,8,11-15H2,1-3H3,(H2,21,22,23);1H. The molecule has 1 aromatic carbocycles. The highest BCUT2D eigenvalue weighted by Gasteiger charge is 2.05. The van der Waals surface area contributed by atoms with Crippen molar-refractivity contribution in [2.45, 2.75) is 40.2 Å². The van der Waals surface area contributed by atoms with E-state index >= 15 is 0 Å². The number of benzene rings is 1. The summed E-state index contributed by atoms with van der Waals surface area (Å²) in [5, 5.41) is 10.4. The van der Waals surface area contributed by atoms with Gasteiger partial charge in [-0.2, -0.15) is 4.98 Å². The molecule has 1 atom stereocenters. The fourth-order valence-electron chi connectivity index (χ4n) is 2.48. The highest BCUT2D eigenvalue weighted by Crippen LogP contribution is 2.04. The molecule has 1 unspecified atom stereocenters. The lowest BCUT2D eigenvalue weighted by atomic mass is 10.2. The number of halogens is 1. The number of aliphatic imine (C=N–C) groups is 1. The van der Waals surface area contributed by atoms with Crippen LogP contribution in [0.2, 0.25) is 0 Å². The van der Waals surface area contributed by atoms with Crippen molar-refractivity contribution < 1.29 is 9.26 Å². The molecule has 0 saturated heterocycles. The molecule has 0 aliphatic rings. The van der Waals surface area contributed by atoms with E-state index in [1.165, 1.54) is 5.56 Å². The van der Waals surface area contributed by atoms with E-state index in [0.717, 1.165) is 31.9 Å². The SMILES string of the molecule is CCNC(=NCC(C)COCc1ccccc1)NCCCc1nc(C)no1.I. The van der Waals surface area contributed by atoms with Gasteiger partial charge in [-0.05, 0) is 31.7 Å². The number of hydrogen-bond acceptors (Lipinski definition) is 5. The minimum atomic E-state index is 0. The number of nitrogens with zero attached hydrogens (tertiary/aromatic N) is 3. The van der Waals surface area contributed by atoms with E-state index < -0.39 is 0 Å².